The van der Waals surface area contributed by atoms with E-state index < -0.39 is 0 Å². The number of benzene rings is 1. The van der Waals surface area contributed by atoms with Gasteiger partial charge in [-0.05, 0) is 31.6 Å². The van der Waals surface area contributed by atoms with Crippen molar-refractivity contribution in [3.63, 3.8) is 0 Å². The van der Waals surface area contributed by atoms with E-state index in [-0.39, 0.29) is 5.82 Å². The van der Waals surface area contributed by atoms with Crippen LogP contribution in [0.4, 0.5) is 4.39 Å². The van der Waals surface area contributed by atoms with Crippen molar-refractivity contribution >= 4 is 11.8 Å². The van der Waals surface area contributed by atoms with Crippen LogP contribution in [0.2, 0.25) is 0 Å². The first-order chi connectivity index (χ1) is 8.72. The molecule has 0 aromatic heterocycles. The molecule has 1 saturated carbocycles. The van der Waals surface area contributed by atoms with E-state index in [1.165, 1.54) is 25.3 Å². The van der Waals surface area contributed by atoms with E-state index in [9.17, 15) is 4.39 Å². The fourth-order valence-corrected chi connectivity index (χ4v) is 3.19. The summed E-state index contributed by atoms with van der Waals surface area (Å²) in [6.45, 7) is 0.599. The molecule has 0 spiro atoms. The normalized spacial score (nSPS) is 23.3. The topological polar surface area (TPSA) is 21.3 Å². The molecule has 0 saturated heterocycles. The van der Waals surface area contributed by atoms with E-state index in [0.717, 1.165) is 5.25 Å². The second kappa shape index (κ2) is 6.43. The molecular weight excluding hydrogens is 249 g/mol. The summed E-state index contributed by atoms with van der Waals surface area (Å²) in [6.07, 6.45) is 5.82. The van der Waals surface area contributed by atoms with Gasteiger partial charge in [0.2, 0.25) is 0 Å². The number of thioether (sulfide) groups is 1. The molecule has 1 aliphatic rings. The van der Waals surface area contributed by atoms with E-state index in [1.54, 1.807) is 19.2 Å². The Morgan fingerprint density at radius 1 is 1.44 bits per heavy atom. The zero-order valence-electron chi connectivity index (χ0n) is 10.9. The third-order valence-electron chi connectivity index (χ3n) is 3.56. The molecule has 4 heteroatoms. The average Bonchev–Trinajstić information content (AvgIpc) is 2.85. The summed E-state index contributed by atoms with van der Waals surface area (Å²) in [5.41, 5.74) is 0.711. The fourth-order valence-electron chi connectivity index (χ4n) is 2.39. The van der Waals surface area contributed by atoms with Gasteiger partial charge in [0.05, 0.1) is 7.11 Å². The fraction of sp³-hybridized carbons (Fsp3) is 0.571. The molecule has 1 fully saturated rings. The molecule has 0 bridgehead atoms. The minimum absolute atomic E-state index is 0.193. The summed E-state index contributed by atoms with van der Waals surface area (Å²) in [5, 5.41) is 4.21. The summed E-state index contributed by atoms with van der Waals surface area (Å²) in [6, 6.07) is 5.57. The van der Waals surface area contributed by atoms with Crippen molar-refractivity contribution in [1.82, 2.24) is 5.32 Å². The smallest absolute Gasteiger partial charge is 0.131 e. The lowest BCUT2D eigenvalue weighted by atomic mass is 10.1. The monoisotopic (exact) mass is 269 g/mol. The first-order valence-electron chi connectivity index (χ1n) is 6.31. The number of ether oxygens (including phenoxy) is 1. The third-order valence-corrected chi connectivity index (χ3v) is 4.65. The molecular formula is C14H20FNOS. The molecule has 0 radical (unpaired) electrons. The molecule has 100 valence electrons. The molecule has 18 heavy (non-hydrogen) atoms. The first-order valence-corrected chi connectivity index (χ1v) is 7.60. The van der Waals surface area contributed by atoms with Crippen molar-refractivity contribution in [2.24, 2.45) is 0 Å². The Balaban J connectivity index is 1.87. The van der Waals surface area contributed by atoms with E-state index >= 15 is 0 Å². The van der Waals surface area contributed by atoms with Crippen molar-refractivity contribution in [2.75, 3.05) is 13.4 Å². The van der Waals surface area contributed by atoms with Crippen molar-refractivity contribution < 1.29 is 9.13 Å². The van der Waals surface area contributed by atoms with Crippen LogP contribution in [0.15, 0.2) is 18.2 Å². The zero-order valence-corrected chi connectivity index (χ0v) is 11.7. The lowest BCUT2D eigenvalue weighted by molar-refractivity contribution is 0.410. The molecule has 1 N–H and O–H groups in total. The van der Waals surface area contributed by atoms with Gasteiger partial charge in [0.25, 0.3) is 0 Å². The standard InChI is InChI=1S/C14H20FNOS/c1-17-12-5-3-10(14(15)8-12)9-16-11-4-6-13(7-11)18-2/h3,5,8,11,13,16H,4,6-7,9H2,1-2H3. The van der Waals surface area contributed by atoms with Crippen LogP contribution in [0, 0.1) is 5.82 Å². The molecule has 1 aliphatic carbocycles. The van der Waals surface area contributed by atoms with E-state index in [2.05, 4.69) is 11.6 Å². The van der Waals surface area contributed by atoms with Gasteiger partial charge in [0.1, 0.15) is 11.6 Å². The van der Waals surface area contributed by atoms with Gasteiger partial charge in [-0.2, -0.15) is 11.8 Å². The molecule has 0 amide bonds. The predicted octanol–water partition coefficient (Wildman–Crippen LogP) is 3.21. The van der Waals surface area contributed by atoms with Crippen LogP contribution in [0.25, 0.3) is 0 Å². The molecule has 1 aromatic rings. The van der Waals surface area contributed by atoms with Crippen LogP contribution >= 0.6 is 11.8 Å². The molecule has 0 aliphatic heterocycles. The minimum atomic E-state index is -0.193. The molecule has 2 rings (SSSR count). The second-order valence-corrected chi connectivity index (χ2v) is 5.84. The number of rotatable bonds is 5. The summed E-state index contributed by atoms with van der Waals surface area (Å²) < 4.78 is 18.7. The van der Waals surface area contributed by atoms with Crippen LogP contribution in [-0.4, -0.2) is 24.7 Å². The Bertz CT molecular complexity index is 399. The van der Waals surface area contributed by atoms with Crippen molar-refractivity contribution in [1.29, 1.82) is 0 Å². The second-order valence-electron chi connectivity index (χ2n) is 4.71. The van der Waals surface area contributed by atoms with Gasteiger partial charge in [-0.3, -0.25) is 0 Å². The summed E-state index contributed by atoms with van der Waals surface area (Å²) in [7, 11) is 1.55. The highest BCUT2D eigenvalue weighted by atomic mass is 32.2. The summed E-state index contributed by atoms with van der Waals surface area (Å²) in [5.74, 6) is 0.376. The number of nitrogens with one attached hydrogen (secondary N) is 1. The maximum Gasteiger partial charge on any atom is 0.131 e. The molecule has 0 heterocycles. The molecule has 2 nitrogen and oxygen atoms in total. The Morgan fingerprint density at radius 2 is 2.28 bits per heavy atom. The van der Waals surface area contributed by atoms with Gasteiger partial charge in [0, 0.05) is 29.5 Å². The van der Waals surface area contributed by atoms with Gasteiger partial charge in [0.15, 0.2) is 0 Å². The van der Waals surface area contributed by atoms with Gasteiger partial charge >= 0.3 is 0 Å². The highest BCUT2D eigenvalue weighted by Crippen LogP contribution is 2.28. The van der Waals surface area contributed by atoms with Gasteiger partial charge in [-0.25, -0.2) is 4.39 Å². The third kappa shape index (κ3) is 3.39. The van der Waals surface area contributed by atoms with Gasteiger partial charge in [-0.15, -0.1) is 0 Å². The van der Waals surface area contributed by atoms with Crippen LogP contribution in [-0.2, 0) is 6.54 Å². The highest BCUT2D eigenvalue weighted by Gasteiger charge is 2.23. The van der Waals surface area contributed by atoms with Crippen molar-refractivity contribution in [3.05, 3.63) is 29.6 Å². The Hall–Kier alpha value is -0.740. The Labute approximate surface area is 112 Å². The first kappa shape index (κ1) is 13.7. The number of methoxy groups -OCH3 is 1. The number of hydrogen-bond acceptors (Lipinski definition) is 3. The van der Waals surface area contributed by atoms with Crippen molar-refractivity contribution in [3.8, 4) is 5.75 Å². The predicted molar refractivity (Wildman–Crippen MR) is 74.7 cm³/mol. The Kier molecular flexibility index (Phi) is 4.89. The minimum Gasteiger partial charge on any atom is -0.497 e. The maximum absolute atomic E-state index is 13.7. The lowest BCUT2D eigenvalue weighted by Crippen LogP contribution is -2.26. The lowest BCUT2D eigenvalue weighted by Gasteiger charge is -2.13. The summed E-state index contributed by atoms with van der Waals surface area (Å²) in [4.78, 5) is 0. The van der Waals surface area contributed by atoms with Gasteiger partial charge in [-0.1, -0.05) is 6.07 Å². The van der Waals surface area contributed by atoms with E-state index in [1.807, 2.05) is 11.8 Å². The van der Waals surface area contributed by atoms with E-state index in [0.29, 0.717) is 23.9 Å². The number of hydrogen-bond donors (Lipinski definition) is 1. The SMILES string of the molecule is COc1ccc(CNC2CCC(SC)C2)c(F)c1. The molecule has 2 atom stereocenters. The highest BCUT2D eigenvalue weighted by molar-refractivity contribution is 7.99. The van der Waals surface area contributed by atoms with Crippen LogP contribution < -0.4 is 10.1 Å². The average molecular weight is 269 g/mol. The van der Waals surface area contributed by atoms with Crippen molar-refractivity contribution in [2.45, 2.75) is 37.1 Å². The molecule has 1 aromatic carbocycles. The Morgan fingerprint density at radius 3 is 2.89 bits per heavy atom. The van der Waals surface area contributed by atoms with E-state index in [4.69, 9.17) is 4.74 Å². The largest absolute Gasteiger partial charge is 0.497 e. The number of halogens is 1. The maximum atomic E-state index is 13.7. The van der Waals surface area contributed by atoms with Gasteiger partial charge < -0.3 is 10.1 Å². The zero-order chi connectivity index (χ0) is 13.0. The van der Waals surface area contributed by atoms with Crippen LogP contribution in [0.5, 0.6) is 5.75 Å². The quantitative estimate of drug-likeness (QED) is 0.887. The van der Waals surface area contributed by atoms with Crippen LogP contribution in [0.3, 0.4) is 0 Å². The van der Waals surface area contributed by atoms with Crippen LogP contribution in [0.1, 0.15) is 24.8 Å². The summed E-state index contributed by atoms with van der Waals surface area (Å²) >= 11 is 1.94. The molecule has 2 unspecified atom stereocenters.